The van der Waals surface area contributed by atoms with E-state index in [1.165, 1.54) is 18.5 Å². The van der Waals surface area contributed by atoms with E-state index in [1.54, 1.807) is 0 Å². The Labute approximate surface area is 156 Å². The van der Waals surface area contributed by atoms with Crippen molar-refractivity contribution < 1.29 is 9.90 Å². The van der Waals surface area contributed by atoms with Gasteiger partial charge in [-0.3, -0.25) is 0 Å². The van der Waals surface area contributed by atoms with Gasteiger partial charge < -0.3 is 26.0 Å². The van der Waals surface area contributed by atoms with E-state index in [0.29, 0.717) is 6.04 Å². The van der Waals surface area contributed by atoms with Gasteiger partial charge in [0.25, 0.3) is 0 Å². The van der Waals surface area contributed by atoms with Gasteiger partial charge in [-0.05, 0) is 75.8 Å². The lowest BCUT2D eigenvalue weighted by molar-refractivity contribution is 0.140. The number of hydrogen-bond donors (Lipinski definition) is 3. The number of carboxylic acid groups (broad SMARTS) is 1. The van der Waals surface area contributed by atoms with Gasteiger partial charge >= 0.3 is 6.09 Å². The van der Waals surface area contributed by atoms with Crippen LogP contribution in [0, 0.1) is 5.92 Å². The van der Waals surface area contributed by atoms with Crippen molar-refractivity contribution in [3.8, 4) is 0 Å². The van der Waals surface area contributed by atoms with Gasteiger partial charge in [0.05, 0.1) is 0 Å². The van der Waals surface area contributed by atoms with Crippen molar-refractivity contribution in [3.05, 3.63) is 24.3 Å². The van der Waals surface area contributed by atoms with Gasteiger partial charge in [0, 0.05) is 43.1 Å². The van der Waals surface area contributed by atoms with Crippen molar-refractivity contribution in [2.24, 2.45) is 5.92 Å². The molecule has 1 aromatic carbocycles. The minimum atomic E-state index is -0.894. The fraction of sp³-hybridized carbons (Fsp3) is 0.650. The summed E-state index contributed by atoms with van der Waals surface area (Å²) in [7, 11) is 2.24. The molecule has 1 saturated carbocycles. The number of nitrogens with one attached hydrogen (secondary N) is 1. The van der Waals surface area contributed by atoms with Crippen LogP contribution in [-0.2, 0) is 0 Å². The normalized spacial score (nSPS) is 24.6. The number of rotatable bonds is 5. The number of carbonyl (C=O) groups is 1. The third-order valence-corrected chi connectivity index (χ3v) is 6.07. The lowest BCUT2D eigenvalue weighted by Crippen LogP contribution is -2.45. The predicted molar refractivity (Wildman–Crippen MR) is 106 cm³/mol. The first-order valence-electron chi connectivity index (χ1n) is 9.81. The molecule has 0 bridgehead atoms. The first-order valence-corrected chi connectivity index (χ1v) is 9.81. The Kier molecular flexibility index (Phi) is 6.25. The van der Waals surface area contributed by atoms with Crippen LogP contribution in [0.15, 0.2) is 24.3 Å². The zero-order chi connectivity index (χ0) is 18.5. The highest BCUT2D eigenvalue weighted by atomic mass is 16.4. The van der Waals surface area contributed by atoms with E-state index in [1.807, 2.05) is 12.1 Å². The van der Waals surface area contributed by atoms with Crippen molar-refractivity contribution >= 4 is 17.5 Å². The van der Waals surface area contributed by atoms with Crippen LogP contribution >= 0.6 is 0 Å². The van der Waals surface area contributed by atoms with E-state index >= 15 is 0 Å². The predicted octanol–water partition coefficient (Wildman–Crippen LogP) is 3.00. The van der Waals surface area contributed by atoms with Crippen LogP contribution in [0.5, 0.6) is 0 Å². The molecule has 2 fully saturated rings. The lowest BCUT2D eigenvalue weighted by Gasteiger charge is -2.39. The number of amides is 1. The molecule has 1 aromatic rings. The van der Waals surface area contributed by atoms with Crippen molar-refractivity contribution in [1.29, 1.82) is 0 Å². The molecule has 2 aliphatic rings. The summed E-state index contributed by atoms with van der Waals surface area (Å²) < 4.78 is 0. The topological polar surface area (TPSA) is 81.8 Å². The van der Waals surface area contributed by atoms with Crippen LogP contribution in [0.25, 0.3) is 0 Å². The summed E-state index contributed by atoms with van der Waals surface area (Å²) in [6, 6.07) is 8.92. The van der Waals surface area contributed by atoms with Gasteiger partial charge in [-0.15, -0.1) is 0 Å². The van der Waals surface area contributed by atoms with Crippen molar-refractivity contribution in [3.63, 3.8) is 0 Å². The zero-order valence-corrected chi connectivity index (χ0v) is 15.7. The fourth-order valence-electron chi connectivity index (χ4n) is 4.45. The molecule has 144 valence electrons. The summed E-state index contributed by atoms with van der Waals surface area (Å²) in [6.07, 6.45) is 5.65. The second kappa shape index (κ2) is 8.62. The van der Waals surface area contributed by atoms with E-state index in [2.05, 4.69) is 34.3 Å². The Morgan fingerprint density at radius 1 is 1.15 bits per heavy atom. The average molecular weight is 361 g/mol. The Morgan fingerprint density at radius 2 is 1.77 bits per heavy atom. The molecule has 1 amide bonds. The first-order chi connectivity index (χ1) is 12.5. The minimum absolute atomic E-state index is 0.139. The second-order valence-corrected chi connectivity index (χ2v) is 7.92. The lowest BCUT2D eigenvalue weighted by atomic mass is 9.89. The van der Waals surface area contributed by atoms with Crippen LogP contribution in [0.1, 0.15) is 38.5 Å². The third-order valence-electron chi connectivity index (χ3n) is 6.07. The number of benzene rings is 1. The summed E-state index contributed by atoms with van der Waals surface area (Å²) in [4.78, 5) is 15.7. The molecule has 1 heterocycles. The molecule has 0 aromatic heterocycles. The van der Waals surface area contributed by atoms with E-state index in [0.717, 1.165) is 56.9 Å². The molecule has 1 saturated heterocycles. The minimum Gasteiger partial charge on any atom is -0.465 e. The first kappa shape index (κ1) is 18.8. The Bertz CT molecular complexity index is 576. The summed E-state index contributed by atoms with van der Waals surface area (Å²) in [5.74, 6) is 0.750. The Balaban J connectivity index is 1.40. The van der Waals surface area contributed by atoms with Crippen LogP contribution in [0.2, 0.25) is 0 Å². The molecule has 0 atom stereocenters. The highest BCUT2D eigenvalue weighted by Gasteiger charge is 2.27. The molecular weight excluding hydrogens is 328 g/mol. The van der Waals surface area contributed by atoms with Gasteiger partial charge in [-0.25, -0.2) is 4.79 Å². The quantitative estimate of drug-likeness (QED) is 0.703. The molecule has 0 unspecified atom stereocenters. The summed E-state index contributed by atoms with van der Waals surface area (Å²) in [6.45, 7) is 3.37. The van der Waals surface area contributed by atoms with E-state index in [-0.39, 0.29) is 6.04 Å². The SMILES string of the molecule is CN(CC1CCN(c2ccc(N)cc2)CC1)C1CCC(NC(=O)O)CC1. The van der Waals surface area contributed by atoms with Gasteiger partial charge in [0.15, 0.2) is 0 Å². The van der Waals surface area contributed by atoms with E-state index in [9.17, 15) is 4.79 Å². The Hall–Kier alpha value is -1.95. The van der Waals surface area contributed by atoms with E-state index in [4.69, 9.17) is 10.8 Å². The molecule has 1 aliphatic heterocycles. The summed E-state index contributed by atoms with van der Waals surface area (Å²) in [5, 5.41) is 11.5. The number of nitrogens with two attached hydrogens (primary N) is 1. The van der Waals surface area contributed by atoms with Crippen molar-refractivity contribution in [2.75, 3.05) is 37.3 Å². The molecule has 6 heteroatoms. The highest BCUT2D eigenvalue weighted by molar-refractivity contribution is 5.64. The number of nitrogens with zero attached hydrogens (tertiary/aromatic N) is 2. The maximum absolute atomic E-state index is 10.8. The van der Waals surface area contributed by atoms with Gasteiger partial charge in [0.1, 0.15) is 0 Å². The van der Waals surface area contributed by atoms with Crippen LogP contribution in [0.4, 0.5) is 16.2 Å². The number of hydrogen-bond acceptors (Lipinski definition) is 4. The molecule has 6 nitrogen and oxygen atoms in total. The summed E-state index contributed by atoms with van der Waals surface area (Å²) >= 11 is 0. The number of piperidine rings is 1. The molecular formula is C20H32N4O2. The number of anilines is 2. The van der Waals surface area contributed by atoms with Gasteiger partial charge in [0.2, 0.25) is 0 Å². The van der Waals surface area contributed by atoms with Gasteiger partial charge in [-0.2, -0.15) is 0 Å². The molecule has 0 spiro atoms. The Morgan fingerprint density at radius 3 is 2.35 bits per heavy atom. The second-order valence-electron chi connectivity index (χ2n) is 7.92. The third kappa shape index (κ3) is 5.04. The zero-order valence-electron chi connectivity index (χ0n) is 15.7. The molecule has 0 radical (unpaired) electrons. The van der Waals surface area contributed by atoms with E-state index < -0.39 is 6.09 Å². The smallest absolute Gasteiger partial charge is 0.404 e. The van der Waals surface area contributed by atoms with Crippen molar-refractivity contribution in [2.45, 2.75) is 50.6 Å². The highest BCUT2D eigenvalue weighted by Crippen LogP contribution is 2.27. The van der Waals surface area contributed by atoms with Gasteiger partial charge in [-0.1, -0.05) is 0 Å². The molecule has 4 N–H and O–H groups in total. The van der Waals surface area contributed by atoms with Crippen LogP contribution < -0.4 is 16.0 Å². The largest absolute Gasteiger partial charge is 0.465 e. The monoisotopic (exact) mass is 360 g/mol. The molecule has 1 aliphatic carbocycles. The number of nitrogen functional groups attached to an aromatic ring is 1. The molecule has 26 heavy (non-hydrogen) atoms. The van der Waals surface area contributed by atoms with Crippen LogP contribution in [0.3, 0.4) is 0 Å². The maximum atomic E-state index is 10.8. The maximum Gasteiger partial charge on any atom is 0.404 e. The fourth-order valence-corrected chi connectivity index (χ4v) is 4.45. The molecule has 3 rings (SSSR count). The summed E-state index contributed by atoms with van der Waals surface area (Å²) in [5.41, 5.74) is 7.87. The standard InChI is InChI=1S/C20H32N4O2/c1-23(18-8-4-17(5-9-18)22-20(25)26)14-15-10-12-24(13-11-15)19-6-2-16(21)3-7-19/h2-3,6-7,15,17-18,22H,4-5,8-14,21H2,1H3,(H,25,26). The van der Waals surface area contributed by atoms with Crippen LogP contribution in [-0.4, -0.2) is 54.9 Å². The van der Waals surface area contributed by atoms with Crippen molar-refractivity contribution in [1.82, 2.24) is 10.2 Å². The average Bonchev–Trinajstić information content (AvgIpc) is 2.63.